The maximum atomic E-state index is 12.8. The summed E-state index contributed by atoms with van der Waals surface area (Å²) in [6, 6.07) is 11.7. The Balaban J connectivity index is 1.37. The van der Waals surface area contributed by atoms with E-state index in [4.69, 9.17) is 0 Å². The molecule has 1 fully saturated rings. The normalized spacial score (nSPS) is 22.1. The number of hydrogen-bond donors (Lipinski definition) is 1. The predicted molar refractivity (Wildman–Crippen MR) is 103 cm³/mol. The molecule has 1 saturated heterocycles. The number of hydrogen-bond acceptors (Lipinski definition) is 2. The molecular formula is C21H26N4O2. The van der Waals surface area contributed by atoms with Crippen molar-refractivity contribution >= 4 is 11.9 Å². The Bertz CT molecular complexity index is 842. The molecule has 3 heterocycles. The van der Waals surface area contributed by atoms with Crippen LogP contribution in [-0.2, 0) is 17.9 Å². The molecule has 2 aliphatic rings. The van der Waals surface area contributed by atoms with E-state index in [1.165, 1.54) is 5.56 Å². The van der Waals surface area contributed by atoms with Crippen LogP contribution in [0.25, 0.3) is 0 Å². The van der Waals surface area contributed by atoms with Crippen molar-refractivity contribution in [3.8, 4) is 0 Å². The van der Waals surface area contributed by atoms with Crippen LogP contribution >= 0.6 is 0 Å². The molecular weight excluding hydrogens is 340 g/mol. The molecule has 0 bridgehead atoms. The summed E-state index contributed by atoms with van der Waals surface area (Å²) in [6.07, 6.45) is 2.71. The quantitative estimate of drug-likeness (QED) is 0.908. The average Bonchev–Trinajstić information content (AvgIpc) is 3.26. The van der Waals surface area contributed by atoms with Crippen LogP contribution in [0.15, 0.2) is 42.6 Å². The number of benzene rings is 1. The van der Waals surface area contributed by atoms with Crippen molar-refractivity contribution < 1.29 is 9.59 Å². The molecule has 2 atom stereocenters. The maximum absolute atomic E-state index is 12.8. The molecule has 0 spiro atoms. The number of rotatable bonds is 3. The molecule has 6 nitrogen and oxygen atoms in total. The van der Waals surface area contributed by atoms with Gasteiger partial charge in [0.25, 0.3) is 0 Å². The van der Waals surface area contributed by atoms with Crippen molar-refractivity contribution in [3.05, 3.63) is 59.4 Å². The van der Waals surface area contributed by atoms with E-state index in [0.717, 1.165) is 17.8 Å². The number of aromatic nitrogens is 1. The monoisotopic (exact) mass is 366 g/mol. The van der Waals surface area contributed by atoms with E-state index in [2.05, 4.69) is 41.1 Å². The second-order valence-electron chi connectivity index (χ2n) is 7.53. The molecule has 2 aromatic rings. The third-order valence-electron chi connectivity index (χ3n) is 5.69. The Morgan fingerprint density at radius 2 is 1.93 bits per heavy atom. The fourth-order valence-electron chi connectivity index (χ4n) is 4.03. The van der Waals surface area contributed by atoms with Crippen LogP contribution in [0.3, 0.4) is 0 Å². The molecule has 2 aliphatic heterocycles. The zero-order chi connectivity index (χ0) is 19.0. The Morgan fingerprint density at radius 3 is 2.70 bits per heavy atom. The third kappa shape index (κ3) is 3.44. The first-order valence-electron chi connectivity index (χ1n) is 9.59. The summed E-state index contributed by atoms with van der Waals surface area (Å²) in [4.78, 5) is 29.2. The molecule has 0 aliphatic carbocycles. The van der Waals surface area contributed by atoms with Gasteiger partial charge in [-0.15, -0.1) is 0 Å². The zero-order valence-electron chi connectivity index (χ0n) is 15.9. The second kappa shape index (κ2) is 7.10. The molecule has 142 valence electrons. The van der Waals surface area contributed by atoms with Gasteiger partial charge >= 0.3 is 6.03 Å². The highest BCUT2D eigenvalue weighted by Gasteiger charge is 2.35. The largest absolute Gasteiger partial charge is 0.348 e. The van der Waals surface area contributed by atoms with Crippen LogP contribution < -0.4 is 5.32 Å². The number of carbonyl (C=O) groups excluding carboxylic acids is 2. The molecule has 6 heteroatoms. The first-order chi connectivity index (χ1) is 13.0. The number of likely N-dealkylation sites (tertiary alicyclic amines) is 1. The zero-order valence-corrected chi connectivity index (χ0v) is 15.9. The van der Waals surface area contributed by atoms with Gasteiger partial charge in [0.1, 0.15) is 6.04 Å². The van der Waals surface area contributed by atoms with Gasteiger partial charge in [0.05, 0.1) is 6.04 Å². The SMILES string of the molecule is Cc1ccc(CN2CCC(NC(=O)N3CCn4cccc4C3C)C2=O)cc1. The predicted octanol–water partition coefficient (Wildman–Crippen LogP) is 2.68. The molecule has 1 N–H and O–H groups in total. The molecule has 1 aromatic heterocycles. The lowest BCUT2D eigenvalue weighted by molar-refractivity contribution is -0.129. The van der Waals surface area contributed by atoms with Crippen LogP contribution in [0.4, 0.5) is 4.79 Å². The average molecular weight is 366 g/mol. The van der Waals surface area contributed by atoms with Gasteiger partial charge in [-0.1, -0.05) is 29.8 Å². The Kier molecular flexibility index (Phi) is 4.64. The maximum Gasteiger partial charge on any atom is 0.318 e. The number of nitrogens with zero attached hydrogens (tertiary/aromatic N) is 3. The smallest absolute Gasteiger partial charge is 0.318 e. The van der Waals surface area contributed by atoms with Gasteiger partial charge in [-0.05, 0) is 38.0 Å². The van der Waals surface area contributed by atoms with Crippen molar-refractivity contribution in [1.82, 2.24) is 19.7 Å². The van der Waals surface area contributed by atoms with E-state index >= 15 is 0 Å². The molecule has 0 saturated carbocycles. The summed E-state index contributed by atoms with van der Waals surface area (Å²) in [5.74, 6) is 0.0111. The number of nitrogens with one attached hydrogen (secondary N) is 1. The van der Waals surface area contributed by atoms with Crippen LogP contribution in [0.5, 0.6) is 0 Å². The topological polar surface area (TPSA) is 57.6 Å². The lowest BCUT2D eigenvalue weighted by Gasteiger charge is -2.35. The van der Waals surface area contributed by atoms with Gasteiger partial charge < -0.3 is 19.7 Å². The van der Waals surface area contributed by atoms with E-state index < -0.39 is 6.04 Å². The minimum absolute atomic E-state index is 0.00826. The molecule has 4 rings (SSSR count). The molecule has 3 amide bonds. The molecule has 1 aromatic carbocycles. The van der Waals surface area contributed by atoms with Gasteiger partial charge in [0.15, 0.2) is 0 Å². The first-order valence-corrected chi connectivity index (χ1v) is 9.59. The summed E-state index contributed by atoms with van der Waals surface area (Å²) in [5.41, 5.74) is 3.46. The summed E-state index contributed by atoms with van der Waals surface area (Å²) >= 11 is 0. The Morgan fingerprint density at radius 1 is 1.15 bits per heavy atom. The van der Waals surface area contributed by atoms with Gasteiger partial charge in [-0.3, -0.25) is 4.79 Å². The van der Waals surface area contributed by atoms with Crippen molar-refractivity contribution in [3.63, 3.8) is 0 Å². The summed E-state index contributed by atoms with van der Waals surface area (Å²) in [5, 5.41) is 2.96. The summed E-state index contributed by atoms with van der Waals surface area (Å²) in [6.45, 7) is 6.80. The van der Waals surface area contributed by atoms with E-state index in [1.807, 2.05) is 35.1 Å². The van der Waals surface area contributed by atoms with E-state index in [1.54, 1.807) is 0 Å². The minimum atomic E-state index is -0.427. The number of aryl methyl sites for hydroxylation is 1. The Hall–Kier alpha value is -2.76. The van der Waals surface area contributed by atoms with E-state index in [0.29, 0.717) is 26.1 Å². The number of fused-ring (bicyclic) bond motifs is 1. The minimum Gasteiger partial charge on any atom is -0.348 e. The fraction of sp³-hybridized carbons (Fsp3) is 0.429. The van der Waals surface area contributed by atoms with Crippen molar-refractivity contribution in [1.29, 1.82) is 0 Å². The highest BCUT2D eigenvalue weighted by molar-refractivity contribution is 5.88. The van der Waals surface area contributed by atoms with Gasteiger partial charge in [0, 0.05) is 38.1 Å². The van der Waals surface area contributed by atoms with Gasteiger partial charge in [-0.2, -0.15) is 0 Å². The van der Waals surface area contributed by atoms with Gasteiger partial charge in [0.2, 0.25) is 5.91 Å². The molecule has 27 heavy (non-hydrogen) atoms. The van der Waals surface area contributed by atoms with Crippen LogP contribution in [0, 0.1) is 6.92 Å². The lowest BCUT2D eigenvalue weighted by Crippen LogP contribution is -2.50. The number of carbonyl (C=O) groups is 2. The van der Waals surface area contributed by atoms with Crippen molar-refractivity contribution in [2.24, 2.45) is 0 Å². The molecule has 2 unspecified atom stereocenters. The number of amides is 3. The van der Waals surface area contributed by atoms with Crippen molar-refractivity contribution in [2.75, 3.05) is 13.1 Å². The third-order valence-corrected chi connectivity index (χ3v) is 5.69. The first kappa shape index (κ1) is 17.6. The van der Waals surface area contributed by atoms with Crippen LogP contribution in [0.2, 0.25) is 0 Å². The summed E-state index contributed by atoms with van der Waals surface area (Å²) in [7, 11) is 0. The van der Waals surface area contributed by atoms with Crippen molar-refractivity contribution in [2.45, 2.75) is 45.4 Å². The van der Waals surface area contributed by atoms with E-state index in [-0.39, 0.29) is 18.0 Å². The van der Waals surface area contributed by atoms with Crippen LogP contribution in [-0.4, -0.2) is 45.4 Å². The number of urea groups is 1. The van der Waals surface area contributed by atoms with Gasteiger partial charge in [-0.25, -0.2) is 4.79 Å². The van der Waals surface area contributed by atoms with E-state index in [9.17, 15) is 9.59 Å². The highest BCUT2D eigenvalue weighted by Crippen LogP contribution is 2.25. The fourth-order valence-corrected chi connectivity index (χ4v) is 4.03. The second-order valence-corrected chi connectivity index (χ2v) is 7.53. The Labute approximate surface area is 159 Å². The molecule has 0 radical (unpaired) electrons. The lowest BCUT2D eigenvalue weighted by atomic mass is 10.1. The standard InChI is InChI=1S/C21H26N4O2/c1-15-5-7-17(8-6-15)14-24-11-9-18(20(24)26)22-21(27)25-13-12-23-10-3-4-19(23)16(25)2/h3-8,10,16,18H,9,11-14H2,1-2H3,(H,22,27). The highest BCUT2D eigenvalue weighted by atomic mass is 16.2. The summed E-state index contributed by atoms with van der Waals surface area (Å²) < 4.78 is 2.18. The van der Waals surface area contributed by atoms with Crippen LogP contribution in [0.1, 0.15) is 36.2 Å².